The molecule has 1 unspecified atom stereocenters. The second-order valence-corrected chi connectivity index (χ2v) is 7.92. The average Bonchev–Trinajstić information content (AvgIpc) is 2.63. The summed E-state index contributed by atoms with van der Waals surface area (Å²) in [5, 5.41) is 22.3. The Bertz CT molecular complexity index is 613. The van der Waals surface area contributed by atoms with Gasteiger partial charge in [-0.25, -0.2) is 0 Å². The number of aliphatic hydroxyl groups is 2. The van der Waals surface area contributed by atoms with Gasteiger partial charge in [-0.1, -0.05) is 80.9 Å². The molecule has 2 nitrogen and oxygen atoms in total. The molecule has 2 aromatic carbocycles. The van der Waals surface area contributed by atoms with Crippen LogP contribution in [0.25, 0.3) is 0 Å². The lowest BCUT2D eigenvalue weighted by atomic mass is 9.70. The maximum Gasteiger partial charge on any atom is 0.115 e. The van der Waals surface area contributed by atoms with E-state index in [1.54, 1.807) is 0 Å². The summed E-state index contributed by atoms with van der Waals surface area (Å²) in [6.45, 7) is 4.40. The molecule has 2 heteroatoms. The molecule has 0 bridgehead atoms. The summed E-state index contributed by atoms with van der Waals surface area (Å²) in [7, 11) is 0. The number of benzene rings is 2. The largest absolute Gasteiger partial charge is 0.393 e. The van der Waals surface area contributed by atoms with E-state index in [1.807, 2.05) is 60.7 Å². The standard InChI is InChI=1S/C23H30O2/c1-17-13-14-21(22(24)15-17)18(2)16-23(25,19-9-5-3-6-10-19)20-11-7-4-8-12-20/h3-12,17-18,21-22,24-25H,13-16H2,1-2H3/t17-,18?,21+,22-/m1/s1. The third-order valence-electron chi connectivity index (χ3n) is 5.98. The third-order valence-corrected chi connectivity index (χ3v) is 5.98. The quantitative estimate of drug-likeness (QED) is 0.826. The third kappa shape index (κ3) is 3.96. The topological polar surface area (TPSA) is 40.5 Å². The minimum Gasteiger partial charge on any atom is -0.393 e. The van der Waals surface area contributed by atoms with E-state index in [1.165, 1.54) is 6.42 Å². The van der Waals surface area contributed by atoms with E-state index < -0.39 is 5.60 Å². The first-order valence-corrected chi connectivity index (χ1v) is 9.52. The molecular formula is C23H30O2. The molecule has 0 radical (unpaired) electrons. The van der Waals surface area contributed by atoms with E-state index in [2.05, 4.69) is 13.8 Å². The number of rotatable bonds is 5. The summed E-state index contributed by atoms with van der Waals surface area (Å²) >= 11 is 0. The number of hydrogen-bond acceptors (Lipinski definition) is 2. The van der Waals surface area contributed by atoms with Crippen LogP contribution in [0.3, 0.4) is 0 Å². The van der Waals surface area contributed by atoms with Gasteiger partial charge < -0.3 is 10.2 Å². The molecule has 1 fully saturated rings. The van der Waals surface area contributed by atoms with Crippen molar-refractivity contribution in [1.82, 2.24) is 0 Å². The molecule has 1 aliphatic rings. The molecule has 25 heavy (non-hydrogen) atoms. The molecule has 134 valence electrons. The Hall–Kier alpha value is -1.64. The molecule has 2 N–H and O–H groups in total. The van der Waals surface area contributed by atoms with E-state index >= 15 is 0 Å². The molecule has 3 rings (SSSR count). The van der Waals surface area contributed by atoms with Crippen LogP contribution < -0.4 is 0 Å². The Morgan fingerprint density at radius 1 is 0.960 bits per heavy atom. The van der Waals surface area contributed by atoms with Crippen molar-refractivity contribution in [3.8, 4) is 0 Å². The van der Waals surface area contributed by atoms with Gasteiger partial charge in [0.1, 0.15) is 5.60 Å². The van der Waals surface area contributed by atoms with E-state index in [0.29, 0.717) is 12.3 Å². The monoisotopic (exact) mass is 338 g/mol. The molecule has 1 aliphatic carbocycles. The fourth-order valence-corrected chi connectivity index (χ4v) is 4.49. The normalized spacial score (nSPS) is 25.5. The minimum atomic E-state index is -1.02. The summed E-state index contributed by atoms with van der Waals surface area (Å²) in [6, 6.07) is 19.9. The van der Waals surface area contributed by atoms with Crippen LogP contribution in [-0.2, 0) is 5.60 Å². The number of hydrogen-bond donors (Lipinski definition) is 2. The first kappa shape index (κ1) is 18.2. The Kier molecular flexibility index (Phi) is 5.61. The highest BCUT2D eigenvalue weighted by atomic mass is 16.3. The van der Waals surface area contributed by atoms with Gasteiger partial charge in [0.2, 0.25) is 0 Å². The fourth-order valence-electron chi connectivity index (χ4n) is 4.49. The zero-order chi connectivity index (χ0) is 17.9. The van der Waals surface area contributed by atoms with Crippen molar-refractivity contribution >= 4 is 0 Å². The van der Waals surface area contributed by atoms with Crippen molar-refractivity contribution in [2.75, 3.05) is 0 Å². The molecule has 4 atom stereocenters. The lowest BCUT2D eigenvalue weighted by Gasteiger charge is -2.39. The maximum atomic E-state index is 11.7. The van der Waals surface area contributed by atoms with Crippen molar-refractivity contribution in [1.29, 1.82) is 0 Å². The maximum absolute atomic E-state index is 11.7. The van der Waals surface area contributed by atoms with E-state index in [4.69, 9.17) is 0 Å². The van der Waals surface area contributed by atoms with Crippen LogP contribution in [0.2, 0.25) is 0 Å². The van der Waals surface area contributed by atoms with Gasteiger partial charge in [0.05, 0.1) is 6.10 Å². The SMILES string of the molecule is CC(CC(O)(c1ccccc1)c1ccccc1)[C@@H]1CC[C@@H](C)C[C@H]1O. The van der Waals surface area contributed by atoms with Gasteiger partial charge in [0.25, 0.3) is 0 Å². The van der Waals surface area contributed by atoms with Crippen molar-refractivity contribution in [3.05, 3.63) is 71.8 Å². The lowest BCUT2D eigenvalue weighted by Crippen LogP contribution is -2.37. The summed E-state index contributed by atoms with van der Waals surface area (Å²) in [6.07, 6.45) is 3.46. The Balaban J connectivity index is 1.88. The van der Waals surface area contributed by atoms with Crippen molar-refractivity contribution in [2.24, 2.45) is 17.8 Å². The summed E-state index contributed by atoms with van der Waals surface area (Å²) < 4.78 is 0. The molecule has 1 saturated carbocycles. The molecule has 0 heterocycles. The zero-order valence-electron chi connectivity index (χ0n) is 15.3. The van der Waals surface area contributed by atoms with Crippen LogP contribution >= 0.6 is 0 Å². The first-order valence-electron chi connectivity index (χ1n) is 9.52. The van der Waals surface area contributed by atoms with Crippen LogP contribution in [0.5, 0.6) is 0 Å². The fraction of sp³-hybridized carbons (Fsp3) is 0.478. The first-order chi connectivity index (χ1) is 12.0. The predicted octanol–water partition coefficient (Wildman–Crippen LogP) is 4.75. The second kappa shape index (κ2) is 7.72. The van der Waals surface area contributed by atoms with E-state index in [9.17, 15) is 10.2 Å². The Morgan fingerprint density at radius 3 is 1.96 bits per heavy atom. The second-order valence-electron chi connectivity index (χ2n) is 7.92. The molecule has 2 aromatic rings. The van der Waals surface area contributed by atoms with E-state index in [0.717, 1.165) is 24.0 Å². The van der Waals surface area contributed by atoms with Crippen molar-refractivity contribution in [2.45, 2.75) is 51.2 Å². The van der Waals surface area contributed by atoms with Crippen LogP contribution in [0.1, 0.15) is 50.7 Å². The lowest BCUT2D eigenvalue weighted by molar-refractivity contribution is -0.0114. The minimum absolute atomic E-state index is 0.243. The molecular weight excluding hydrogens is 308 g/mol. The van der Waals surface area contributed by atoms with Crippen LogP contribution in [0, 0.1) is 17.8 Å². The van der Waals surface area contributed by atoms with E-state index in [-0.39, 0.29) is 17.9 Å². The Morgan fingerprint density at radius 2 is 1.48 bits per heavy atom. The highest BCUT2D eigenvalue weighted by Crippen LogP contribution is 2.41. The molecule has 0 aliphatic heterocycles. The van der Waals surface area contributed by atoms with Crippen LogP contribution in [0.4, 0.5) is 0 Å². The zero-order valence-corrected chi connectivity index (χ0v) is 15.3. The summed E-state index contributed by atoms with van der Waals surface area (Å²) in [5.41, 5.74) is 0.823. The smallest absolute Gasteiger partial charge is 0.115 e. The van der Waals surface area contributed by atoms with Gasteiger partial charge in [0.15, 0.2) is 0 Å². The van der Waals surface area contributed by atoms with Gasteiger partial charge in [-0.15, -0.1) is 0 Å². The van der Waals surface area contributed by atoms with Crippen LogP contribution in [0.15, 0.2) is 60.7 Å². The summed E-state index contributed by atoms with van der Waals surface area (Å²) in [5.74, 6) is 1.10. The van der Waals surface area contributed by atoms with Gasteiger partial charge in [0, 0.05) is 0 Å². The molecule has 0 spiro atoms. The molecule has 0 amide bonds. The predicted molar refractivity (Wildman–Crippen MR) is 102 cm³/mol. The van der Waals surface area contributed by atoms with Gasteiger partial charge in [-0.05, 0) is 48.1 Å². The van der Waals surface area contributed by atoms with Crippen LogP contribution in [-0.4, -0.2) is 16.3 Å². The molecule has 0 aromatic heterocycles. The van der Waals surface area contributed by atoms with Gasteiger partial charge in [-0.3, -0.25) is 0 Å². The van der Waals surface area contributed by atoms with Crippen molar-refractivity contribution < 1.29 is 10.2 Å². The number of aliphatic hydroxyl groups excluding tert-OH is 1. The van der Waals surface area contributed by atoms with Gasteiger partial charge in [-0.2, -0.15) is 0 Å². The van der Waals surface area contributed by atoms with Gasteiger partial charge >= 0.3 is 0 Å². The average molecular weight is 338 g/mol. The summed E-state index contributed by atoms with van der Waals surface area (Å²) in [4.78, 5) is 0. The highest BCUT2D eigenvalue weighted by Gasteiger charge is 2.38. The molecule has 0 saturated heterocycles. The van der Waals surface area contributed by atoms with Crippen molar-refractivity contribution in [3.63, 3.8) is 0 Å². The Labute approximate surface area is 151 Å². The highest BCUT2D eigenvalue weighted by molar-refractivity contribution is 5.36.